The molecule has 0 aliphatic heterocycles. The number of H-pyrrole nitrogens is 1. The van der Waals surface area contributed by atoms with Crippen molar-refractivity contribution in [2.45, 2.75) is 19.8 Å². The second-order valence-corrected chi connectivity index (χ2v) is 4.05. The van der Waals surface area contributed by atoms with Crippen molar-refractivity contribution in [3.8, 4) is 5.75 Å². The fraction of sp³-hybridized carbons (Fsp3) is 0.357. The Morgan fingerprint density at radius 3 is 2.89 bits per heavy atom. The van der Waals surface area contributed by atoms with Crippen LogP contribution in [0.4, 0.5) is 0 Å². The first-order chi connectivity index (χ1) is 8.72. The zero-order chi connectivity index (χ0) is 13.0. The molecule has 0 radical (unpaired) electrons. The van der Waals surface area contributed by atoms with Crippen LogP contribution in [0.2, 0.25) is 0 Å². The van der Waals surface area contributed by atoms with Crippen LogP contribution in [0.1, 0.15) is 19.0 Å². The molecule has 0 bridgehead atoms. The van der Waals surface area contributed by atoms with Gasteiger partial charge in [-0.25, -0.2) is 0 Å². The van der Waals surface area contributed by atoms with Gasteiger partial charge in [0.05, 0.1) is 20.1 Å². The first-order valence-electron chi connectivity index (χ1n) is 6.04. The topological polar surface area (TPSA) is 51.3 Å². The number of carbonyl (C=O) groups is 1. The zero-order valence-corrected chi connectivity index (χ0v) is 10.7. The number of methoxy groups -OCH3 is 1. The minimum absolute atomic E-state index is 0.159. The highest BCUT2D eigenvalue weighted by Gasteiger charge is 2.06. The van der Waals surface area contributed by atoms with Gasteiger partial charge < -0.3 is 14.5 Å². The molecule has 1 aromatic heterocycles. The van der Waals surface area contributed by atoms with Gasteiger partial charge in [-0.3, -0.25) is 4.79 Å². The van der Waals surface area contributed by atoms with Crippen molar-refractivity contribution in [1.82, 2.24) is 4.98 Å². The maximum absolute atomic E-state index is 11.3. The molecule has 0 aliphatic rings. The molecule has 0 aliphatic carbocycles. The number of hydrogen-bond donors (Lipinski definition) is 1. The molecule has 2 rings (SSSR count). The summed E-state index contributed by atoms with van der Waals surface area (Å²) < 4.78 is 10.1. The molecule has 4 heteroatoms. The van der Waals surface area contributed by atoms with Gasteiger partial charge in [-0.05, 0) is 36.9 Å². The lowest BCUT2D eigenvalue weighted by atomic mass is 10.2. The molecule has 0 saturated heterocycles. The number of nitrogens with one attached hydrogen (secondary N) is 1. The Balaban J connectivity index is 2.08. The van der Waals surface area contributed by atoms with Crippen molar-refractivity contribution in [3.05, 3.63) is 30.0 Å². The molecule has 1 aromatic carbocycles. The van der Waals surface area contributed by atoms with Crippen LogP contribution in [0, 0.1) is 0 Å². The summed E-state index contributed by atoms with van der Waals surface area (Å²) in [5.41, 5.74) is 2.06. The van der Waals surface area contributed by atoms with Crippen LogP contribution in [-0.2, 0) is 16.0 Å². The minimum atomic E-state index is -0.159. The number of fused-ring (bicyclic) bond motifs is 1. The van der Waals surface area contributed by atoms with Gasteiger partial charge in [0.2, 0.25) is 0 Å². The molecule has 0 fully saturated rings. The van der Waals surface area contributed by atoms with Crippen LogP contribution in [0.15, 0.2) is 24.3 Å². The predicted molar refractivity (Wildman–Crippen MR) is 69.8 cm³/mol. The summed E-state index contributed by atoms with van der Waals surface area (Å²) in [4.78, 5) is 14.6. The molecule has 1 heterocycles. The number of hydrogen-bond acceptors (Lipinski definition) is 3. The lowest BCUT2D eigenvalue weighted by Crippen LogP contribution is -2.05. The van der Waals surface area contributed by atoms with E-state index >= 15 is 0 Å². The van der Waals surface area contributed by atoms with Crippen molar-refractivity contribution >= 4 is 16.9 Å². The summed E-state index contributed by atoms with van der Waals surface area (Å²) in [5.74, 6) is 0.662. The monoisotopic (exact) mass is 247 g/mol. The molecule has 2 aromatic rings. The van der Waals surface area contributed by atoms with E-state index in [1.165, 1.54) is 0 Å². The van der Waals surface area contributed by atoms with Crippen molar-refractivity contribution in [1.29, 1.82) is 0 Å². The van der Waals surface area contributed by atoms with Gasteiger partial charge in [-0.1, -0.05) is 0 Å². The number of aromatic amines is 1. The van der Waals surface area contributed by atoms with E-state index in [1.54, 1.807) is 7.11 Å². The van der Waals surface area contributed by atoms with Crippen LogP contribution >= 0.6 is 0 Å². The second kappa shape index (κ2) is 5.58. The number of esters is 1. The summed E-state index contributed by atoms with van der Waals surface area (Å²) in [5, 5.41) is 1.12. The summed E-state index contributed by atoms with van der Waals surface area (Å²) in [7, 11) is 1.64. The van der Waals surface area contributed by atoms with E-state index < -0.39 is 0 Å². The second-order valence-electron chi connectivity index (χ2n) is 4.05. The van der Waals surface area contributed by atoms with Crippen molar-refractivity contribution in [2.75, 3.05) is 13.7 Å². The van der Waals surface area contributed by atoms with Crippen LogP contribution in [-0.4, -0.2) is 24.7 Å². The average Bonchev–Trinajstić information content (AvgIpc) is 2.78. The molecule has 18 heavy (non-hydrogen) atoms. The van der Waals surface area contributed by atoms with E-state index in [9.17, 15) is 4.79 Å². The first kappa shape index (κ1) is 12.5. The Bertz CT molecular complexity index is 545. The van der Waals surface area contributed by atoms with Gasteiger partial charge in [-0.2, -0.15) is 0 Å². The predicted octanol–water partition coefficient (Wildman–Crippen LogP) is 2.67. The molecule has 4 nitrogen and oxygen atoms in total. The number of aromatic nitrogens is 1. The molecule has 0 saturated carbocycles. The molecular weight excluding hydrogens is 230 g/mol. The van der Waals surface area contributed by atoms with Crippen LogP contribution in [0.5, 0.6) is 5.75 Å². The normalized spacial score (nSPS) is 10.6. The number of aryl methyl sites for hydroxylation is 1. The van der Waals surface area contributed by atoms with E-state index in [0.717, 1.165) is 22.3 Å². The zero-order valence-electron chi connectivity index (χ0n) is 10.7. The molecule has 0 amide bonds. The van der Waals surface area contributed by atoms with Gasteiger partial charge in [0.15, 0.2) is 0 Å². The third-order valence-electron chi connectivity index (χ3n) is 2.79. The Labute approximate surface area is 106 Å². The molecular formula is C14H17NO3. The fourth-order valence-electron chi connectivity index (χ4n) is 1.90. The van der Waals surface area contributed by atoms with Crippen LogP contribution in [0.25, 0.3) is 10.9 Å². The number of ether oxygens (including phenoxy) is 2. The van der Waals surface area contributed by atoms with Crippen molar-refractivity contribution in [3.63, 3.8) is 0 Å². The highest BCUT2D eigenvalue weighted by molar-refractivity contribution is 5.82. The first-order valence-corrected chi connectivity index (χ1v) is 6.04. The van der Waals surface area contributed by atoms with Gasteiger partial charge >= 0.3 is 5.97 Å². The SMILES string of the molecule is CCOC(=O)CCc1cc2ccc(OC)cc2[nH]1. The van der Waals surface area contributed by atoms with Gasteiger partial charge in [0, 0.05) is 17.3 Å². The molecule has 0 unspecified atom stereocenters. The Morgan fingerprint density at radius 1 is 1.33 bits per heavy atom. The van der Waals surface area contributed by atoms with E-state index in [4.69, 9.17) is 9.47 Å². The van der Waals surface area contributed by atoms with Crippen molar-refractivity contribution < 1.29 is 14.3 Å². The van der Waals surface area contributed by atoms with Crippen molar-refractivity contribution in [2.24, 2.45) is 0 Å². The van der Waals surface area contributed by atoms with Crippen LogP contribution < -0.4 is 4.74 Å². The van der Waals surface area contributed by atoms with Gasteiger partial charge in [0.1, 0.15) is 5.75 Å². The Kier molecular flexibility index (Phi) is 3.87. The maximum atomic E-state index is 11.3. The third kappa shape index (κ3) is 2.83. The summed E-state index contributed by atoms with van der Waals surface area (Å²) in [6.07, 6.45) is 1.06. The van der Waals surface area contributed by atoms with E-state index in [1.807, 2.05) is 31.2 Å². The Hall–Kier alpha value is -1.97. The average molecular weight is 247 g/mol. The van der Waals surface area contributed by atoms with E-state index in [0.29, 0.717) is 19.4 Å². The molecule has 0 atom stereocenters. The molecule has 1 N–H and O–H groups in total. The van der Waals surface area contributed by atoms with E-state index in [2.05, 4.69) is 4.98 Å². The largest absolute Gasteiger partial charge is 0.497 e. The lowest BCUT2D eigenvalue weighted by Gasteiger charge is -1.99. The Morgan fingerprint density at radius 2 is 2.17 bits per heavy atom. The smallest absolute Gasteiger partial charge is 0.306 e. The summed E-state index contributed by atoms with van der Waals surface area (Å²) in [6.45, 7) is 2.25. The summed E-state index contributed by atoms with van der Waals surface area (Å²) >= 11 is 0. The number of carbonyl (C=O) groups excluding carboxylic acids is 1. The highest BCUT2D eigenvalue weighted by atomic mass is 16.5. The maximum Gasteiger partial charge on any atom is 0.306 e. The van der Waals surface area contributed by atoms with Gasteiger partial charge in [0.25, 0.3) is 0 Å². The standard InChI is InChI=1S/C14H17NO3/c1-3-18-14(16)7-5-11-8-10-4-6-12(17-2)9-13(10)15-11/h4,6,8-9,15H,3,5,7H2,1-2H3. The number of rotatable bonds is 5. The summed E-state index contributed by atoms with van der Waals surface area (Å²) in [6, 6.07) is 7.92. The van der Waals surface area contributed by atoms with Gasteiger partial charge in [-0.15, -0.1) is 0 Å². The molecule has 0 spiro atoms. The van der Waals surface area contributed by atoms with E-state index in [-0.39, 0.29) is 5.97 Å². The van der Waals surface area contributed by atoms with Crippen LogP contribution in [0.3, 0.4) is 0 Å². The lowest BCUT2D eigenvalue weighted by molar-refractivity contribution is -0.143. The fourth-order valence-corrected chi connectivity index (χ4v) is 1.90. The highest BCUT2D eigenvalue weighted by Crippen LogP contribution is 2.21. The minimum Gasteiger partial charge on any atom is -0.497 e. The third-order valence-corrected chi connectivity index (χ3v) is 2.79. The molecule has 96 valence electrons. The quantitative estimate of drug-likeness (QED) is 0.826. The number of benzene rings is 1.